The standard InChI is InChI=1S/C14H20N2O2/c1-9(15)7-10-8-16(2)14-12(18-4)6-5-11(17-3)13(10)14/h5-6,8-9H,7,15H2,1-4H3. The largest absolute Gasteiger partial charge is 0.496 e. The molecule has 1 heterocycles. The quantitative estimate of drug-likeness (QED) is 0.901. The van der Waals surface area contributed by atoms with E-state index in [1.54, 1.807) is 14.2 Å². The Balaban J connectivity index is 2.73. The summed E-state index contributed by atoms with van der Waals surface area (Å²) in [5.74, 6) is 1.71. The highest BCUT2D eigenvalue weighted by Crippen LogP contribution is 2.36. The molecule has 0 bridgehead atoms. The lowest BCUT2D eigenvalue weighted by Gasteiger charge is -2.09. The topological polar surface area (TPSA) is 49.4 Å². The second-order valence-electron chi connectivity index (χ2n) is 4.64. The molecule has 1 aromatic heterocycles. The van der Waals surface area contributed by atoms with Gasteiger partial charge in [-0.3, -0.25) is 0 Å². The Morgan fingerprint density at radius 3 is 2.39 bits per heavy atom. The van der Waals surface area contributed by atoms with Crippen LogP contribution in [0.25, 0.3) is 10.9 Å². The molecule has 4 heteroatoms. The zero-order chi connectivity index (χ0) is 13.3. The van der Waals surface area contributed by atoms with Crippen molar-refractivity contribution in [3.05, 3.63) is 23.9 Å². The minimum Gasteiger partial charge on any atom is -0.496 e. The van der Waals surface area contributed by atoms with Gasteiger partial charge in [0.05, 0.1) is 19.7 Å². The Bertz CT molecular complexity index is 558. The molecule has 2 rings (SSSR count). The number of methoxy groups -OCH3 is 2. The highest BCUT2D eigenvalue weighted by molar-refractivity contribution is 5.94. The summed E-state index contributed by atoms with van der Waals surface area (Å²) in [7, 11) is 5.37. The van der Waals surface area contributed by atoms with Crippen LogP contribution in [0.5, 0.6) is 11.5 Å². The van der Waals surface area contributed by atoms with Crippen LogP contribution in [0.15, 0.2) is 18.3 Å². The fourth-order valence-electron chi connectivity index (χ4n) is 2.41. The van der Waals surface area contributed by atoms with Crippen molar-refractivity contribution in [3.63, 3.8) is 0 Å². The number of fused-ring (bicyclic) bond motifs is 1. The first-order valence-electron chi connectivity index (χ1n) is 6.03. The second-order valence-corrected chi connectivity index (χ2v) is 4.64. The number of benzene rings is 1. The van der Waals surface area contributed by atoms with Crippen LogP contribution < -0.4 is 15.2 Å². The van der Waals surface area contributed by atoms with Gasteiger partial charge in [-0.15, -0.1) is 0 Å². The van der Waals surface area contributed by atoms with Crippen LogP contribution in [0.3, 0.4) is 0 Å². The van der Waals surface area contributed by atoms with Gasteiger partial charge in [-0.25, -0.2) is 0 Å². The monoisotopic (exact) mass is 248 g/mol. The van der Waals surface area contributed by atoms with Crippen LogP contribution in [0.1, 0.15) is 12.5 Å². The van der Waals surface area contributed by atoms with Crippen molar-refractivity contribution in [3.8, 4) is 11.5 Å². The molecule has 1 unspecified atom stereocenters. The Hall–Kier alpha value is -1.68. The van der Waals surface area contributed by atoms with Crippen LogP contribution in [0.2, 0.25) is 0 Å². The molecule has 0 aliphatic heterocycles. The first kappa shape index (κ1) is 12.8. The van der Waals surface area contributed by atoms with Gasteiger partial charge in [0.25, 0.3) is 0 Å². The van der Waals surface area contributed by atoms with Crippen molar-refractivity contribution in [2.45, 2.75) is 19.4 Å². The lowest BCUT2D eigenvalue weighted by molar-refractivity contribution is 0.409. The maximum Gasteiger partial charge on any atom is 0.143 e. The van der Waals surface area contributed by atoms with E-state index in [1.807, 2.05) is 26.1 Å². The SMILES string of the molecule is COc1ccc(OC)c2c1c(CC(C)N)cn2C. The van der Waals surface area contributed by atoms with E-state index in [2.05, 4.69) is 10.8 Å². The summed E-state index contributed by atoms with van der Waals surface area (Å²) in [5, 5.41) is 1.09. The smallest absolute Gasteiger partial charge is 0.143 e. The normalized spacial score (nSPS) is 12.7. The third-order valence-electron chi connectivity index (χ3n) is 3.11. The molecule has 0 fully saturated rings. The second kappa shape index (κ2) is 4.90. The Labute approximate surface area is 107 Å². The minimum absolute atomic E-state index is 0.117. The number of hydrogen-bond donors (Lipinski definition) is 1. The average Bonchev–Trinajstić information content (AvgIpc) is 2.65. The van der Waals surface area contributed by atoms with Crippen molar-refractivity contribution in [2.75, 3.05) is 14.2 Å². The van der Waals surface area contributed by atoms with E-state index in [1.165, 1.54) is 5.56 Å². The van der Waals surface area contributed by atoms with Crippen molar-refractivity contribution < 1.29 is 9.47 Å². The number of aryl methyl sites for hydroxylation is 1. The Morgan fingerprint density at radius 2 is 1.83 bits per heavy atom. The van der Waals surface area contributed by atoms with Crippen molar-refractivity contribution in [1.82, 2.24) is 4.57 Å². The Kier molecular flexibility index (Phi) is 3.48. The summed E-state index contributed by atoms with van der Waals surface area (Å²) in [6, 6.07) is 3.98. The van der Waals surface area contributed by atoms with E-state index in [0.717, 1.165) is 28.8 Å². The maximum atomic E-state index is 5.91. The van der Waals surface area contributed by atoms with Crippen LogP contribution in [-0.2, 0) is 13.5 Å². The number of rotatable bonds is 4. The van der Waals surface area contributed by atoms with Gasteiger partial charge in [0, 0.05) is 24.7 Å². The number of nitrogens with zero attached hydrogens (tertiary/aromatic N) is 1. The predicted molar refractivity (Wildman–Crippen MR) is 73.4 cm³/mol. The molecular formula is C14H20N2O2. The highest BCUT2D eigenvalue weighted by Gasteiger charge is 2.16. The summed E-state index contributed by atoms with van der Waals surface area (Å²) in [6.07, 6.45) is 2.92. The van der Waals surface area contributed by atoms with Gasteiger partial charge >= 0.3 is 0 Å². The number of ether oxygens (including phenoxy) is 2. The number of nitrogens with two attached hydrogens (primary N) is 1. The van der Waals surface area contributed by atoms with Crippen molar-refractivity contribution >= 4 is 10.9 Å². The molecule has 2 N–H and O–H groups in total. The molecule has 0 amide bonds. The third kappa shape index (κ3) is 2.04. The van der Waals surface area contributed by atoms with E-state index in [4.69, 9.17) is 15.2 Å². The molecule has 0 aliphatic carbocycles. The first-order valence-corrected chi connectivity index (χ1v) is 6.03. The molecule has 0 saturated heterocycles. The third-order valence-corrected chi connectivity index (χ3v) is 3.11. The van der Waals surface area contributed by atoms with Gasteiger partial charge in [0.2, 0.25) is 0 Å². The van der Waals surface area contributed by atoms with Crippen LogP contribution in [0, 0.1) is 0 Å². The van der Waals surface area contributed by atoms with E-state index >= 15 is 0 Å². The molecule has 0 saturated carbocycles. The molecule has 1 aromatic carbocycles. The zero-order valence-electron chi connectivity index (χ0n) is 11.4. The predicted octanol–water partition coefficient (Wildman–Crippen LogP) is 2.09. The fourth-order valence-corrected chi connectivity index (χ4v) is 2.41. The van der Waals surface area contributed by atoms with Crippen LogP contribution >= 0.6 is 0 Å². The molecule has 98 valence electrons. The zero-order valence-corrected chi connectivity index (χ0v) is 11.4. The molecule has 0 radical (unpaired) electrons. The summed E-state index contributed by atoms with van der Waals surface area (Å²) in [5.41, 5.74) is 8.15. The summed E-state index contributed by atoms with van der Waals surface area (Å²) in [6.45, 7) is 2.01. The van der Waals surface area contributed by atoms with E-state index in [9.17, 15) is 0 Å². The Morgan fingerprint density at radius 1 is 1.22 bits per heavy atom. The van der Waals surface area contributed by atoms with Crippen LogP contribution in [-0.4, -0.2) is 24.8 Å². The number of aromatic nitrogens is 1. The molecule has 1 atom stereocenters. The molecule has 0 aliphatic rings. The van der Waals surface area contributed by atoms with Gasteiger partial charge in [-0.05, 0) is 31.0 Å². The molecule has 4 nitrogen and oxygen atoms in total. The van der Waals surface area contributed by atoms with E-state index < -0.39 is 0 Å². The van der Waals surface area contributed by atoms with Gasteiger partial charge in [-0.2, -0.15) is 0 Å². The van der Waals surface area contributed by atoms with Crippen molar-refractivity contribution in [2.24, 2.45) is 12.8 Å². The van der Waals surface area contributed by atoms with Crippen molar-refractivity contribution in [1.29, 1.82) is 0 Å². The lowest BCUT2D eigenvalue weighted by atomic mass is 10.1. The van der Waals surface area contributed by atoms with E-state index in [0.29, 0.717) is 0 Å². The van der Waals surface area contributed by atoms with Gasteiger partial charge < -0.3 is 19.8 Å². The van der Waals surface area contributed by atoms with Gasteiger partial charge in [0.15, 0.2) is 0 Å². The molecule has 0 spiro atoms. The molecule has 18 heavy (non-hydrogen) atoms. The summed E-state index contributed by atoms with van der Waals surface area (Å²) < 4.78 is 12.9. The van der Waals surface area contributed by atoms with Crippen LogP contribution in [0.4, 0.5) is 0 Å². The first-order chi connectivity index (χ1) is 8.58. The summed E-state index contributed by atoms with van der Waals surface area (Å²) in [4.78, 5) is 0. The van der Waals surface area contributed by atoms with E-state index in [-0.39, 0.29) is 6.04 Å². The van der Waals surface area contributed by atoms with Gasteiger partial charge in [0.1, 0.15) is 11.5 Å². The number of hydrogen-bond acceptors (Lipinski definition) is 3. The summed E-state index contributed by atoms with van der Waals surface area (Å²) >= 11 is 0. The van der Waals surface area contributed by atoms with Gasteiger partial charge in [-0.1, -0.05) is 0 Å². The molecular weight excluding hydrogens is 228 g/mol. The lowest BCUT2D eigenvalue weighted by Crippen LogP contribution is -2.17. The highest BCUT2D eigenvalue weighted by atomic mass is 16.5. The maximum absolute atomic E-state index is 5.91. The average molecular weight is 248 g/mol. The minimum atomic E-state index is 0.117. The molecule has 2 aromatic rings. The fraction of sp³-hybridized carbons (Fsp3) is 0.429.